The van der Waals surface area contributed by atoms with Crippen molar-refractivity contribution in [3.63, 3.8) is 0 Å². The molecule has 6 heteroatoms. The zero-order chi connectivity index (χ0) is 14.8. The Kier molecular flexibility index (Phi) is 3.70. The van der Waals surface area contributed by atoms with Gasteiger partial charge in [0.1, 0.15) is 10.3 Å². The first-order valence-corrected chi connectivity index (χ1v) is 7.45. The van der Waals surface area contributed by atoms with Crippen LogP contribution in [0.3, 0.4) is 0 Å². The summed E-state index contributed by atoms with van der Waals surface area (Å²) in [4.78, 5) is 21.2. The first-order valence-electron chi connectivity index (χ1n) is 6.63. The summed E-state index contributed by atoms with van der Waals surface area (Å²) in [6.07, 6.45) is 0. The van der Waals surface area contributed by atoms with Crippen molar-refractivity contribution in [2.24, 2.45) is 0 Å². The molecule has 0 radical (unpaired) electrons. The number of aryl methyl sites for hydroxylation is 1. The standard InChI is InChI=1S/C15H14N2O3S/c1-3-19-12(18)8-20-14-11-7-5-4-6-10(11)13-15(17-14)21-9(2)16-13/h4-7H,3,8H2,1-2H3. The molecule has 0 saturated heterocycles. The Bertz CT molecular complexity index is 813. The van der Waals surface area contributed by atoms with Gasteiger partial charge in [0.05, 0.1) is 11.6 Å². The molecule has 21 heavy (non-hydrogen) atoms. The lowest BCUT2D eigenvalue weighted by Gasteiger charge is -2.08. The molecule has 108 valence electrons. The second-order valence-electron chi connectivity index (χ2n) is 4.44. The summed E-state index contributed by atoms with van der Waals surface area (Å²) in [5, 5.41) is 2.77. The van der Waals surface area contributed by atoms with E-state index in [-0.39, 0.29) is 6.61 Å². The van der Waals surface area contributed by atoms with Gasteiger partial charge in [-0.1, -0.05) is 29.5 Å². The number of carbonyl (C=O) groups excluding carboxylic acids is 1. The molecule has 5 nitrogen and oxygen atoms in total. The number of nitrogens with zero attached hydrogens (tertiary/aromatic N) is 2. The minimum Gasteiger partial charge on any atom is -0.465 e. The zero-order valence-electron chi connectivity index (χ0n) is 11.8. The lowest BCUT2D eigenvalue weighted by molar-refractivity contribution is -0.145. The number of esters is 1. The second-order valence-corrected chi connectivity index (χ2v) is 5.62. The highest BCUT2D eigenvalue weighted by Gasteiger charge is 2.13. The highest BCUT2D eigenvalue weighted by molar-refractivity contribution is 7.18. The molecule has 0 aliphatic carbocycles. The van der Waals surface area contributed by atoms with Gasteiger partial charge in [-0.05, 0) is 19.9 Å². The number of carbonyl (C=O) groups is 1. The fourth-order valence-electron chi connectivity index (χ4n) is 2.14. The van der Waals surface area contributed by atoms with Crippen LogP contribution in [0.2, 0.25) is 0 Å². The first kappa shape index (κ1) is 13.8. The molecule has 0 amide bonds. The van der Waals surface area contributed by atoms with Gasteiger partial charge in [0, 0.05) is 10.8 Å². The maximum atomic E-state index is 11.4. The minimum atomic E-state index is -0.399. The Labute approximate surface area is 125 Å². The van der Waals surface area contributed by atoms with E-state index < -0.39 is 5.97 Å². The fraction of sp³-hybridized carbons (Fsp3) is 0.267. The van der Waals surface area contributed by atoms with Crippen LogP contribution in [0, 0.1) is 6.92 Å². The Morgan fingerprint density at radius 2 is 2.00 bits per heavy atom. The molecule has 2 aromatic heterocycles. The highest BCUT2D eigenvalue weighted by Crippen LogP contribution is 2.32. The number of fused-ring (bicyclic) bond motifs is 3. The third-order valence-corrected chi connectivity index (χ3v) is 3.83. The summed E-state index contributed by atoms with van der Waals surface area (Å²) in [6.45, 7) is 3.90. The van der Waals surface area contributed by atoms with Crippen molar-refractivity contribution >= 4 is 38.4 Å². The SMILES string of the molecule is CCOC(=O)COc1nc2sc(C)nc2c2ccccc12. The monoisotopic (exact) mass is 302 g/mol. The number of ether oxygens (including phenoxy) is 2. The fourth-order valence-corrected chi connectivity index (χ4v) is 2.93. The molecule has 0 atom stereocenters. The van der Waals surface area contributed by atoms with Gasteiger partial charge in [0.25, 0.3) is 0 Å². The van der Waals surface area contributed by atoms with E-state index in [4.69, 9.17) is 9.47 Å². The number of rotatable bonds is 4. The van der Waals surface area contributed by atoms with Crippen molar-refractivity contribution in [3.8, 4) is 5.88 Å². The summed E-state index contributed by atoms with van der Waals surface area (Å²) in [5.74, 6) is 0.0405. The molecule has 0 aliphatic heterocycles. The minimum absolute atomic E-state index is 0.145. The van der Waals surface area contributed by atoms with E-state index in [0.29, 0.717) is 12.5 Å². The Hall–Kier alpha value is -2.21. The number of thiazole rings is 1. The molecule has 0 spiro atoms. The van der Waals surface area contributed by atoms with E-state index in [1.165, 1.54) is 11.3 Å². The molecule has 1 aromatic carbocycles. The molecular formula is C15H14N2O3S. The van der Waals surface area contributed by atoms with Gasteiger partial charge >= 0.3 is 5.97 Å². The predicted octanol–water partition coefficient (Wildman–Crippen LogP) is 3.09. The largest absolute Gasteiger partial charge is 0.465 e. The predicted molar refractivity (Wildman–Crippen MR) is 81.8 cm³/mol. The van der Waals surface area contributed by atoms with Gasteiger partial charge in [-0.2, -0.15) is 0 Å². The lowest BCUT2D eigenvalue weighted by atomic mass is 10.1. The first-order chi connectivity index (χ1) is 10.2. The molecule has 2 heterocycles. The quantitative estimate of drug-likeness (QED) is 0.693. The molecule has 0 N–H and O–H groups in total. The maximum Gasteiger partial charge on any atom is 0.344 e. The van der Waals surface area contributed by atoms with Crippen LogP contribution in [0.5, 0.6) is 5.88 Å². The molecule has 0 bridgehead atoms. The molecular weight excluding hydrogens is 288 g/mol. The number of benzene rings is 1. The Morgan fingerprint density at radius 3 is 2.76 bits per heavy atom. The number of hydrogen-bond donors (Lipinski definition) is 0. The van der Waals surface area contributed by atoms with E-state index in [1.807, 2.05) is 31.2 Å². The van der Waals surface area contributed by atoms with Crippen LogP contribution in [-0.2, 0) is 9.53 Å². The van der Waals surface area contributed by atoms with Crippen molar-refractivity contribution in [1.82, 2.24) is 9.97 Å². The number of pyridine rings is 1. The Morgan fingerprint density at radius 1 is 1.24 bits per heavy atom. The van der Waals surface area contributed by atoms with Crippen LogP contribution in [0.4, 0.5) is 0 Å². The van der Waals surface area contributed by atoms with E-state index in [2.05, 4.69) is 9.97 Å². The van der Waals surface area contributed by atoms with Gasteiger partial charge in [0.2, 0.25) is 5.88 Å². The average Bonchev–Trinajstić information content (AvgIpc) is 2.85. The van der Waals surface area contributed by atoms with Crippen LogP contribution >= 0.6 is 11.3 Å². The average molecular weight is 302 g/mol. The van der Waals surface area contributed by atoms with Crippen molar-refractivity contribution in [3.05, 3.63) is 29.3 Å². The molecule has 3 aromatic rings. The van der Waals surface area contributed by atoms with Crippen molar-refractivity contribution < 1.29 is 14.3 Å². The van der Waals surface area contributed by atoms with Crippen LogP contribution in [0.1, 0.15) is 11.9 Å². The van der Waals surface area contributed by atoms with E-state index in [9.17, 15) is 4.79 Å². The molecule has 0 fully saturated rings. The van der Waals surface area contributed by atoms with E-state index >= 15 is 0 Å². The van der Waals surface area contributed by atoms with E-state index in [1.54, 1.807) is 6.92 Å². The molecule has 0 unspecified atom stereocenters. The van der Waals surface area contributed by atoms with Crippen LogP contribution < -0.4 is 4.74 Å². The lowest BCUT2D eigenvalue weighted by Crippen LogP contribution is -2.15. The van der Waals surface area contributed by atoms with Crippen molar-refractivity contribution in [1.29, 1.82) is 0 Å². The van der Waals surface area contributed by atoms with Crippen LogP contribution in [-0.4, -0.2) is 29.2 Å². The van der Waals surface area contributed by atoms with E-state index in [0.717, 1.165) is 26.1 Å². The summed E-state index contributed by atoms with van der Waals surface area (Å²) in [6, 6.07) is 7.75. The van der Waals surface area contributed by atoms with Crippen LogP contribution in [0.25, 0.3) is 21.1 Å². The Balaban J connectivity index is 2.05. The van der Waals surface area contributed by atoms with Crippen molar-refractivity contribution in [2.45, 2.75) is 13.8 Å². The molecule has 3 rings (SSSR count). The van der Waals surface area contributed by atoms with Crippen LogP contribution in [0.15, 0.2) is 24.3 Å². The second kappa shape index (κ2) is 5.65. The maximum absolute atomic E-state index is 11.4. The van der Waals surface area contributed by atoms with Gasteiger partial charge in [-0.25, -0.2) is 14.8 Å². The summed E-state index contributed by atoms with van der Waals surface area (Å²) in [5.41, 5.74) is 0.872. The van der Waals surface area contributed by atoms with Gasteiger partial charge in [-0.3, -0.25) is 0 Å². The summed E-state index contributed by atoms with van der Waals surface area (Å²) >= 11 is 1.51. The third-order valence-electron chi connectivity index (χ3n) is 2.96. The molecule has 0 aliphatic rings. The number of aromatic nitrogens is 2. The van der Waals surface area contributed by atoms with Gasteiger partial charge in [0.15, 0.2) is 6.61 Å². The smallest absolute Gasteiger partial charge is 0.344 e. The molecule has 0 saturated carbocycles. The zero-order valence-corrected chi connectivity index (χ0v) is 12.6. The third kappa shape index (κ3) is 2.67. The van der Waals surface area contributed by atoms with Crippen molar-refractivity contribution in [2.75, 3.05) is 13.2 Å². The summed E-state index contributed by atoms with van der Waals surface area (Å²) < 4.78 is 10.4. The van der Waals surface area contributed by atoms with Gasteiger partial charge in [-0.15, -0.1) is 0 Å². The normalized spacial score (nSPS) is 11.0. The van der Waals surface area contributed by atoms with Gasteiger partial charge < -0.3 is 9.47 Å². The highest BCUT2D eigenvalue weighted by atomic mass is 32.1. The topological polar surface area (TPSA) is 61.3 Å². The number of hydrogen-bond acceptors (Lipinski definition) is 6. The summed E-state index contributed by atoms with van der Waals surface area (Å²) in [7, 11) is 0.